The number of carbonyl (C=O) groups excluding carboxylic acids is 1. The molecule has 0 bridgehead atoms. The van der Waals surface area contributed by atoms with Crippen molar-refractivity contribution in [2.24, 2.45) is 22.2 Å². The van der Waals surface area contributed by atoms with E-state index in [1.54, 1.807) is 0 Å². The Labute approximate surface area is 159 Å². The number of ether oxygens (including phenoxy) is 4. The zero-order valence-corrected chi connectivity index (χ0v) is 16.1. The van der Waals surface area contributed by atoms with Crippen molar-refractivity contribution in [2.45, 2.75) is 69.9 Å². The fraction of sp³-hybridized carbons (Fsp3) is 0.864. The summed E-state index contributed by atoms with van der Waals surface area (Å²) in [6, 6.07) is 0. The van der Waals surface area contributed by atoms with E-state index in [1.165, 1.54) is 17.6 Å². The summed E-state index contributed by atoms with van der Waals surface area (Å²) in [6.07, 6.45) is 7.80. The largest absolute Gasteiger partial charge is 0.347 e. The van der Waals surface area contributed by atoms with Crippen LogP contribution in [0.4, 0.5) is 0 Å². The van der Waals surface area contributed by atoms with Crippen LogP contribution in [0.1, 0.15) is 58.3 Å². The Morgan fingerprint density at radius 3 is 2.37 bits per heavy atom. The molecule has 6 fully saturated rings. The molecule has 0 aromatic carbocycles. The minimum Gasteiger partial charge on any atom is -0.347 e. The lowest BCUT2D eigenvalue weighted by molar-refractivity contribution is -0.279. The van der Waals surface area contributed by atoms with E-state index in [0.717, 1.165) is 38.5 Å². The summed E-state index contributed by atoms with van der Waals surface area (Å²) < 4.78 is 24.7. The minimum absolute atomic E-state index is 0.0357. The van der Waals surface area contributed by atoms with E-state index in [1.807, 2.05) is 0 Å². The normalized spacial score (nSPS) is 50.9. The standard InChI is InChI=1S/C22H28O5/c1-18-12-15(23)17-14-2-4-20(24-8-9-25-20)13-19(14)6-7-21(17,19)16(18)3-5-22(18)26-10-11-27-22/h16H,2-13H2,1H3/t16-,18+,19?,21+/m1/s1. The van der Waals surface area contributed by atoms with Crippen LogP contribution in [0.15, 0.2) is 11.1 Å². The van der Waals surface area contributed by atoms with E-state index < -0.39 is 11.6 Å². The van der Waals surface area contributed by atoms with Crippen molar-refractivity contribution >= 4 is 5.78 Å². The van der Waals surface area contributed by atoms with E-state index in [-0.39, 0.29) is 16.2 Å². The summed E-state index contributed by atoms with van der Waals surface area (Å²) in [5.74, 6) is -0.0726. The smallest absolute Gasteiger partial charge is 0.174 e. The van der Waals surface area contributed by atoms with E-state index in [9.17, 15) is 4.79 Å². The van der Waals surface area contributed by atoms with Gasteiger partial charge in [-0.1, -0.05) is 12.5 Å². The van der Waals surface area contributed by atoms with Gasteiger partial charge in [0.15, 0.2) is 17.4 Å². The van der Waals surface area contributed by atoms with Gasteiger partial charge in [0.05, 0.1) is 26.4 Å². The summed E-state index contributed by atoms with van der Waals surface area (Å²) >= 11 is 0. The predicted octanol–water partition coefficient (Wildman–Crippen LogP) is 3.12. The first-order chi connectivity index (χ1) is 13.0. The molecule has 7 rings (SSSR count). The first-order valence-electron chi connectivity index (χ1n) is 10.8. The molecule has 0 aromatic rings. The lowest BCUT2D eigenvalue weighted by Gasteiger charge is -2.77. The molecule has 0 aromatic heterocycles. The van der Waals surface area contributed by atoms with E-state index in [4.69, 9.17) is 18.9 Å². The van der Waals surface area contributed by atoms with Crippen LogP contribution in [0.25, 0.3) is 0 Å². The molecule has 2 aliphatic heterocycles. The number of carbonyl (C=O) groups is 1. The Bertz CT molecular complexity index is 789. The summed E-state index contributed by atoms with van der Waals surface area (Å²) in [4.78, 5) is 13.5. The topological polar surface area (TPSA) is 54.0 Å². The van der Waals surface area contributed by atoms with Crippen LogP contribution in [0, 0.1) is 22.2 Å². The minimum atomic E-state index is -0.535. The number of ketones is 1. The predicted molar refractivity (Wildman–Crippen MR) is 94.7 cm³/mol. The van der Waals surface area contributed by atoms with Gasteiger partial charge in [-0.25, -0.2) is 0 Å². The Kier molecular flexibility index (Phi) is 2.70. The van der Waals surface area contributed by atoms with Crippen molar-refractivity contribution in [1.29, 1.82) is 0 Å². The number of hydrogen-bond donors (Lipinski definition) is 0. The Morgan fingerprint density at radius 2 is 1.67 bits per heavy atom. The molecular formula is C22H28O5. The average Bonchev–Trinajstić information content (AvgIpc) is 3.36. The molecule has 5 heteroatoms. The molecule has 0 radical (unpaired) electrons. The molecule has 146 valence electrons. The van der Waals surface area contributed by atoms with Gasteiger partial charge >= 0.3 is 0 Å². The maximum Gasteiger partial charge on any atom is 0.174 e. The molecule has 1 unspecified atom stereocenters. The molecule has 0 amide bonds. The highest BCUT2D eigenvalue weighted by atomic mass is 16.7. The Morgan fingerprint density at radius 1 is 0.926 bits per heavy atom. The fourth-order valence-electron chi connectivity index (χ4n) is 8.95. The third-order valence-electron chi connectivity index (χ3n) is 9.82. The zero-order valence-electron chi connectivity index (χ0n) is 16.1. The second-order valence-electron chi connectivity index (χ2n) is 10.2. The average molecular weight is 372 g/mol. The second kappa shape index (κ2) is 4.53. The molecule has 5 aliphatic carbocycles. The van der Waals surface area contributed by atoms with Crippen LogP contribution < -0.4 is 0 Å². The summed E-state index contributed by atoms with van der Waals surface area (Å²) in [6.45, 7) is 5.02. The van der Waals surface area contributed by atoms with Crippen molar-refractivity contribution in [3.05, 3.63) is 11.1 Å². The van der Waals surface area contributed by atoms with Crippen molar-refractivity contribution in [3.8, 4) is 0 Å². The summed E-state index contributed by atoms with van der Waals surface area (Å²) in [7, 11) is 0. The van der Waals surface area contributed by atoms with Gasteiger partial charge in [-0.15, -0.1) is 0 Å². The van der Waals surface area contributed by atoms with Gasteiger partial charge in [0.25, 0.3) is 0 Å². The highest BCUT2D eigenvalue weighted by Crippen LogP contribution is 2.86. The van der Waals surface area contributed by atoms with Crippen molar-refractivity contribution in [3.63, 3.8) is 0 Å². The molecule has 2 heterocycles. The van der Waals surface area contributed by atoms with Crippen molar-refractivity contribution in [2.75, 3.05) is 26.4 Å². The number of fused-ring (bicyclic) bond motifs is 2. The van der Waals surface area contributed by atoms with Gasteiger partial charge in [0, 0.05) is 47.5 Å². The van der Waals surface area contributed by atoms with Gasteiger partial charge in [0.1, 0.15) is 0 Å². The monoisotopic (exact) mass is 372 g/mol. The lowest BCUT2D eigenvalue weighted by atomic mass is 9.26. The SMILES string of the molecule is C[C@]12CC(=O)C3=C4CCC5(CC46CC[C@]36[C@@H]1CCC21OCCO1)OCCO5. The molecule has 4 saturated carbocycles. The molecule has 7 aliphatic rings. The summed E-state index contributed by atoms with van der Waals surface area (Å²) in [5.41, 5.74) is 2.66. The number of rotatable bonds is 0. The maximum absolute atomic E-state index is 13.5. The Hall–Kier alpha value is -0.750. The molecular weight excluding hydrogens is 344 g/mol. The molecule has 5 nitrogen and oxygen atoms in total. The van der Waals surface area contributed by atoms with Gasteiger partial charge in [-0.2, -0.15) is 0 Å². The summed E-state index contributed by atoms with van der Waals surface area (Å²) in [5, 5.41) is 0. The highest BCUT2D eigenvalue weighted by Gasteiger charge is 2.83. The molecule has 2 saturated heterocycles. The van der Waals surface area contributed by atoms with Crippen LogP contribution in [0.2, 0.25) is 0 Å². The number of Topliss-reactive ketones (excluding diaryl/α,β-unsaturated/α-hetero) is 1. The molecule has 4 spiro atoms. The number of allylic oxidation sites excluding steroid dienone is 2. The van der Waals surface area contributed by atoms with Crippen LogP contribution in [0.3, 0.4) is 0 Å². The van der Waals surface area contributed by atoms with Crippen molar-refractivity contribution in [1.82, 2.24) is 0 Å². The molecule has 4 atom stereocenters. The quantitative estimate of drug-likeness (QED) is 0.654. The van der Waals surface area contributed by atoms with Crippen LogP contribution >= 0.6 is 0 Å². The van der Waals surface area contributed by atoms with Gasteiger partial charge in [-0.05, 0) is 31.6 Å². The maximum atomic E-state index is 13.5. The van der Waals surface area contributed by atoms with Crippen LogP contribution in [0.5, 0.6) is 0 Å². The highest BCUT2D eigenvalue weighted by molar-refractivity contribution is 6.02. The molecule has 27 heavy (non-hydrogen) atoms. The second-order valence-corrected chi connectivity index (χ2v) is 10.2. The third kappa shape index (κ3) is 1.44. The van der Waals surface area contributed by atoms with Gasteiger partial charge in [-0.3, -0.25) is 4.79 Å². The molecule has 0 N–H and O–H groups in total. The van der Waals surface area contributed by atoms with Crippen LogP contribution in [-0.4, -0.2) is 43.8 Å². The van der Waals surface area contributed by atoms with Crippen LogP contribution in [-0.2, 0) is 23.7 Å². The Balaban J connectivity index is 1.37. The lowest BCUT2D eigenvalue weighted by Crippen LogP contribution is -2.74. The van der Waals surface area contributed by atoms with E-state index in [0.29, 0.717) is 44.5 Å². The third-order valence-corrected chi connectivity index (χ3v) is 9.82. The van der Waals surface area contributed by atoms with Crippen molar-refractivity contribution < 1.29 is 23.7 Å². The fourth-order valence-corrected chi connectivity index (χ4v) is 8.95. The van der Waals surface area contributed by atoms with Gasteiger partial charge < -0.3 is 18.9 Å². The first-order valence-corrected chi connectivity index (χ1v) is 10.8. The van der Waals surface area contributed by atoms with E-state index >= 15 is 0 Å². The van der Waals surface area contributed by atoms with Gasteiger partial charge in [0.2, 0.25) is 0 Å². The van der Waals surface area contributed by atoms with E-state index in [2.05, 4.69) is 6.92 Å². The number of hydrogen-bond acceptors (Lipinski definition) is 5. The zero-order chi connectivity index (χ0) is 18.1. The first kappa shape index (κ1) is 16.1.